The Balaban J connectivity index is 2.25. The van der Waals surface area contributed by atoms with Gasteiger partial charge in [-0.2, -0.15) is 0 Å². The number of rotatable bonds is 5. The summed E-state index contributed by atoms with van der Waals surface area (Å²) >= 11 is 0. The van der Waals surface area contributed by atoms with Crippen LogP contribution in [-0.4, -0.2) is 24.8 Å². The van der Waals surface area contributed by atoms with Gasteiger partial charge in [-0.3, -0.25) is 14.4 Å². The van der Waals surface area contributed by atoms with E-state index in [2.05, 4.69) is 16.0 Å². The van der Waals surface area contributed by atoms with Crippen LogP contribution in [0.3, 0.4) is 0 Å². The molecule has 0 radical (unpaired) electrons. The fourth-order valence-electron chi connectivity index (χ4n) is 2.41. The summed E-state index contributed by atoms with van der Waals surface area (Å²) < 4.78 is 26.8. The van der Waals surface area contributed by atoms with Crippen molar-refractivity contribution in [2.24, 2.45) is 5.41 Å². The van der Waals surface area contributed by atoms with Crippen LogP contribution in [0.5, 0.6) is 0 Å². The lowest BCUT2D eigenvalue weighted by atomic mass is 9.95. The molecule has 0 bridgehead atoms. The molecule has 2 aromatic carbocycles. The van der Waals surface area contributed by atoms with Gasteiger partial charge in [0.25, 0.3) is 5.91 Å². The largest absolute Gasteiger partial charge is 0.357 e. The minimum Gasteiger partial charge on any atom is -0.357 e. The Bertz CT molecular complexity index is 939. The lowest BCUT2D eigenvalue weighted by Crippen LogP contribution is -2.39. The van der Waals surface area contributed by atoms with Gasteiger partial charge >= 0.3 is 0 Å². The topological polar surface area (TPSA) is 87.3 Å². The maximum absolute atomic E-state index is 13.6. The molecule has 1 atom stereocenters. The van der Waals surface area contributed by atoms with E-state index < -0.39 is 34.9 Å². The summed E-state index contributed by atoms with van der Waals surface area (Å²) in [4.78, 5) is 37.0. The van der Waals surface area contributed by atoms with Crippen LogP contribution < -0.4 is 16.0 Å². The minimum atomic E-state index is -1.23. The van der Waals surface area contributed by atoms with Crippen molar-refractivity contribution in [3.05, 3.63) is 65.2 Å². The van der Waals surface area contributed by atoms with Crippen molar-refractivity contribution in [1.82, 2.24) is 10.6 Å². The van der Waals surface area contributed by atoms with E-state index in [9.17, 15) is 23.2 Å². The van der Waals surface area contributed by atoms with E-state index >= 15 is 0 Å². The molecular formula is C21H23F2N3O3. The van der Waals surface area contributed by atoms with Crippen LogP contribution in [0.4, 0.5) is 14.5 Å². The Hall–Kier alpha value is -3.29. The quantitative estimate of drug-likeness (QED) is 0.717. The van der Waals surface area contributed by atoms with Gasteiger partial charge in [0, 0.05) is 23.7 Å². The summed E-state index contributed by atoms with van der Waals surface area (Å²) in [5.41, 5.74) is 0.0822. The maximum atomic E-state index is 13.6. The van der Waals surface area contributed by atoms with Gasteiger partial charge in [-0.05, 0) is 35.9 Å². The third-order valence-electron chi connectivity index (χ3n) is 4.12. The molecule has 2 rings (SSSR count). The summed E-state index contributed by atoms with van der Waals surface area (Å²) in [5, 5.41) is 7.61. The third kappa shape index (κ3) is 5.60. The highest BCUT2D eigenvalue weighted by Crippen LogP contribution is 2.20. The molecule has 3 amide bonds. The molecular weight excluding hydrogens is 380 g/mol. The standard InChI is InChI=1S/C21H23F2N3O3/c1-21(2,3)20(29)25-14-7-5-6-13(10-14)18(27)26-17(19(28)24-4)12-8-9-15(22)16(23)11-12/h5-11,17H,1-4H3,(H,24,28)(H,25,29)(H,26,27). The Morgan fingerprint density at radius 2 is 1.66 bits per heavy atom. The van der Waals surface area contributed by atoms with Crippen molar-refractivity contribution < 1.29 is 23.2 Å². The number of anilines is 1. The number of hydrogen-bond donors (Lipinski definition) is 3. The van der Waals surface area contributed by atoms with Crippen LogP contribution >= 0.6 is 0 Å². The molecule has 0 aliphatic carbocycles. The Kier molecular flexibility index (Phi) is 6.68. The van der Waals surface area contributed by atoms with Gasteiger partial charge in [0.15, 0.2) is 11.6 Å². The number of carbonyl (C=O) groups excluding carboxylic acids is 3. The summed E-state index contributed by atoms with van der Waals surface area (Å²) in [6, 6.07) is 7.92. The summed E-state index contributed by atoms with van der Waals surface area (Å²) in [5.74, 6) is -3.62. The normalized spacial score (nSPS) is 12.1. The zero-order valence-corrected chi connectivity index (χ0v) is 16.6. The molecule has 0 saturated carbocycles. The van der Waals surface area contributed by atoms with Crippen LogP contribution in [0.15, 0.2) is 42.5 Å². The lowest BCUT2D eigenvalue weighted by molar-refractivity contribution is -0.123. The second-order valence-corrected chi connectivity index (χ2v) is 7.48. The molecule has 0 aromatic heterocycles. The summed E-state index contributed by atoms with van der Waals surface area (Å²) in [6.45, 7) is 5.28. The molecule has 6 nitrogen and oxygen atoms in total. The highest BCUT2D eigenvalue weighted by Gasteiger charge is 2.24. The monoisotopic (exact) mass is 403 g/mol. The number of halogens is 2. The van der Waals surface area contributed by atoms with Crippen molar-refractivity contribution in [1.29, 1.82) is 0 Å². The van der Waals surface area contributed by atoms with Crippen LogP contribution in [0.25, 0.3) is 0 Å². The summed E-state index contributed by atoms with van der Waals surface area (Å²) in [7, 11) is 1.37. The molecule has 0 aliphatic rings. The number of benzene rings is 2. The first kappa shape index (κ1) is 22.0. The van der Waals surface area contributed by atoms with Gasteiger partial charge in [-0.25, -0.2) is 8.78 Å². The third-order valence-corrected chi connectivity index (χ3v) is 4.12. The van der Waals surface area contributed by atoms with Gasteiger partial charge in [0.05, 0.1) is 0 Å². The molecule has 0 heterocycles. The van der Waals surface area contributed by atoms with E-state index in [1.165, 1.54) is 25.2 Å². The number of hydrogen-bond acceptors (Lipinski definition) is 3. The van der Waals surface area contributed by atoms with Gasteiger partial charge in [0.1, 0.15) is 6.04 Å². The fraction of sp³-hybridized carbons (Fsp3) is 0.286. The number of carbonyl (C=O) groups is 3. The fourth-order valence-corrected chi connectivity index (χ4v) is 2.41. The zero-order valence-electron chi connectivity index (χ0n) is 16.6. The van der Waals surface area contributed by atoms with E-state index in [0.29, 0.717) is 5.69 Å². The number of likely N-dealkylation sites (N-methyl/N-ethyl adjacent to an activating group) is 1. The van der Waals surface area contributed by atoms with Gasteiger partial charge in [0.2, 0.25) is 11.8 Å². The summed E-state index contributed by atoms with van der Waals surface area (Å²) in [6.07, 6.45) is 0. The molecule has 2 aromatic rings. The van der Waals surface area contributed by atoms with Crippen molar-refractivity contribution in [2.45, 2.75) is 26.8 Å². The van der Waals surface area contributed by atoms with Gasteiger partial charge in [-0.15, -0.1) is 0 Å². The molecule has 154 valence electrons. The average molecular weight is 403 g/mol. The van der Waals surface area contributed by atoms with Crippen LogP contribution in [0.1, 0.15) is 42.7 Å². The van der Waals surface area contributed by atoms with Gasteiger partial charge < -0.3 is 16.0 Å². The predicted molar refractivity (Wildman–Crippen MR) is 105 cm³/mol. The first-order chi connectivity index (χ1) is 13.5. The second-order valence-electron chi connectivity index (χ2n) is 7.48. The minimum absolute atomic E-state index is 0.0915. The lowest BCUT2D eigenvalue weighted by Gasteiger charge is -2.19. The Morgan fingerprint density at radius 1 is 0.966 bits per heavy atom. The van der Waals surface area contributed by atoms with Gasteiger partial charge in [-0.1, -0.05) is 32.9 Å². The van der Waals surface area contributed by atoms with E-state index in [1.807, 2.05) is 0 Å². The average Bonchev–Trinajstić information content (AvgIpc) is 2.67. The highest BCUT2D eigenvalue weighted by atomic mass is 19.2. The van der Waals surface area contributed by atoms with E-state index in [4.69, 9.17) is 0 Å². The van der Waals surface area contributed by atoms with Crippen LogP contribution in [0, 0.1) is 17.0 Å². The molecule has 0 saturated heterocycles. The first-order valence-electron chi connectivity index (χ1n) is 8.92. The molecule has 3 N–H and O–H groups in total. The number of amides is 3. The zero-order chi connectivity index (χ0) is 21.8. The highest BCUT2D eigenvalue weighted by molar-refractivity contribution is 6.00. The smallest absolute Gasteiger partial charge is 0.252 e. The van der Waals surface area contributed by atoms with E-state index in [-0.39, 0.29) is 17.0 Å². The predicted octanol–water partition coefficient (Wildman–Crippen LogP) is 3.17. The SMILES string of the molecule is CNC(=O)C(NC(=O)c1cccc(NC(=O)C(C)(C)C)c1)c1ccc(F)c(F)c1. The van der Waals surface area contributed by atoms with Crippen molar-refractivity contribution in [3.63, 3.8) is 0 Å². The molecule has 0 fully saturated rings. The van der Waals surface area contributed by atoms with Crippen molar-refractivity contribution in [2.75, 3.05) is 12.4 Å². The maximum Gasteiger partial charge on any atom is 0.252 e. The van der Waals surface area contributed by atoms with Crippen LogP contribution in [0.2, 0.25) is 0 Å². The second kappa shape index (κ2) is 8.81. The van der Waals surface area contributed by atoms with Crippen LogP contribution in [-0.2, 0) is 9.59 Å². The molecule has 29 heavy (non-hydrogen) atoms. The first-order valence-corrected chi connectivity index (χ1v) is 8.92. The van der Waals surface area contributed by atoms with Crippen molar-refractivity contribution in [3.8, 4) is 0 Å². The molecule has 1 unspecified atom stereocenters. The van der Waals surface area contributed by atoms with E-state index in [1.54, 1.807) is 32.9 Å². The Morgan fingerprint density at radius 3 is 2.24 bits per heavy atom. The molecule has 0 spiro atoms. The molecule has 8 heteroatoms. The molecule has 0 aliphatic heterocycles. The Labute approximate surface area is 167 Å². The number of nitrogens with one attached hydrogen (secondary N) is 3. The van der Waals surface area contributed by atoms with Crippen molar-refractivity contribution >= 4 is 23.4 Å². The van der Waals surface area contributed by atoms with E-state index in [0.717, 1.165) is 12.1 Å².